The second-order valence-corrected chi connectivity index (χ2v) is 6.15. The molecule has 1 aliphatic heterocycles. The van der Waals surface area contributed by atoms with Gasteiger partial charge in [0.05, 0.1) is 23.4 Å². The highest BCUT2D eigenvalue weighted by Gasteiger charge is 2.29. The van der Waals surface area contributed by atoms with Crippen LogP contribution < -0.4 is 10.6 Å². The molecule has 6 nitrogen and oxygen atoms in total. The highest BCUT2D eigenvalue weighted by molar-refractivity contribution is 9.10. The third kappa shape index (κ3) is 4.18. The number of carbonyl (C=O) groups excluding carboxylic acids is 1. The van der Waals surface area contributed by atoms with Gasteiger partial charge in [-0.1, -0.05) is 0 Å². The van der Waals surface area contributed by atoms with Gasteiger partial charge in [-0.05, 0) is 53.9 Å². The van der Waals surface area contributed by atoms with Gasteiger partial charge >= 0.3 is 12.0 Å². The van der Waals surface area contributed by atoms with E-state index in [-0.39, 0.29) is 11.6 Å². The zero-order valence-corrected chi connectivity index (χ0v) is 13.2. The van der Waals surface area contributed by atoms with Crippen molar-refractivity contribution in [1.29, 1.82) is 0 Å². The lowest BCUT2D eigenvalue weighted by Crippen LogP contribution is -2.52. The summed E-state index contributed by atoms with van der Waals surface area (Å²) < 4.78 is 6.00. The fourth-order valence-electron chi connectivity index (χ4n) is 2.21. The van der Waals surface area contributed by atoms with Gasteiger partial charge in [0, 0.05) is 11.1 Å². The fourth-order valence-corrected chi connectivity index (χ4v) is 2.56. The van der Waals surface area contributed by atoms with E-state index < -0.39 is 11.5 Å². The van der Waals surface area contributed by atoms with E-state index in [0.29, 0.717) is 23.4 Å². The summed E-state index contributed by atoms with van der Waals surface area (Å²) in [4.78, 5) is 23.0. The summed E-state index contributed by atoms with van der Waals surface area (Å²) in [6.07, 6.45) is 1.74. The smallest absolute Gasteiger partial charge is 0.335 e. The van der Waals surface area contributed by atoms with E-state index in [1.807, 2.05) is 6.92 Å². The van der Waals surface area contributed by atoms with E-state index in [9.17, 15) is 9.59 Å². The molecule has 1 aromatic carbocycles. The maximum atomic E-state index is 12.1. The molecule has 2 amide bonds. The van der Waals surface area contributed by atoms with Crippen molar-refractivity contribution in [3.63, 3.8) is 0 Å². The summed E-state index contributed by atoms with van der Waals surface area (Å²) in [5.74, 6) is -1.04. The Morgan fingerprint density at radius 1 is 1.43 bits per heavy atom. The van der Waals surface area contributed by atoms with E-state index in [1.165, 1.54) is 12.1 Å². The first-order chi connectivity index (χ1) is 9.89. The number of carboxylic acid groups (broad SMARTS) is 1. The predicted octanol–water partition coefficient (Wildman–Crippen LogP) is 2.84. The average Bonchev–Trinajstić information content (AvgIpc) is 2.41. The maximum absolute atomic E-state index is 12.1. The van der Waals surface area contributed by atoms with Crippen molar-refractivity contribution < 1.29 is 19.4 Å². The molecule has 1 saturated heterocycles. The molecule has 3 N–H and O–H groups in total. The Labute approximate surface area is 131 Å². The van der Waals surface area contributed by atoms with Crippen molar-refractivity contribution in [2.45, 2.75) is 25.3 Å². The number of carboxylic acids is 1. The Balaban J connectivity index is 2.05. The van der Waals surface area contributed by atoms with Gasteiger partial charge in [0.15, 0.2) is 0 Å². The van der Waals surface area contributed by atoms with Crippen LogP contribution in [0.15, 0.2) is 22.7 Å². The van der Waals surface area contributed by atoms with Gasteiger partial charge < -0.3 is 20.5 Å². The lowest BCUT2D eigenvalue weighted by atomic mass is 9.95. The van der Waals surface area contributed by atoms with Gasteiger partial charge in [0.25, 0.3) is 0 Å². The van der Waals surface area contributed by atoms with Gasteiger partial charge in [-0.25, -0.2) is 9.59 Å². The van der Waals surface area contributed by atoms with Crippen molar-refractivity contribution in [3.05, 3.63) is 28.2 Å². The average molecular weight is 357 g/mol. The SMILES string of the molecule is CC1(NC(=O)Nc2cc(C(=O)O)ccc2Br)CCCOC1. The minimum Gasteiger partial charge on any atom is -0.478 e. The standard InChI is InChI=1S/C14H17BrN2O4/c1-14(5-2-6-21-8-14)17-13(20)16-11-7-9(12(18)19)3-4-10(11)15/h3-4,7H,2,5-6,8H2,1H3,(H,18,19)(H2,16,17,20). The summed E-state index contributed by atoms with van der Waals surface area (Å²) in [5, 5.41) is 14.5. The molecule has 1 fully saturated rings. The largest absolute Gasteiger partial charge is 0.478 e. The van der Waals surface area contributed by atoms with Gasteiger partial charge in [0.1, 0.15) is 0 Å². The lowest BCUT2D eigenvalue weighted by Gasteiger charge is -2.34. The molecule has 0 radical (unpaired) electrons. The van der Waals surface area contributed by atoms with E-state index in [0.717, 1.165) is 12.8 Å². The lowest BCUT2D eigenvalue weighted by molar-refractivity contribution is 0.0342. The Morgan fingerprint density at radius 2 is 2.19 bits per heavy atom. The van der Waals surface area contributed by atoms with E-state index in [4.69, 9.17) is 9.84 Å². The van der Waals surface area contributed by atoms with Crippen LogP contribution in [0.1, 0.15) is 30.1 Å². The number of halogens is 1. The number of nitrogens with one attached hydrogen (secondary N) is 2. The minimum atomic E-state index is -1.04. The molecule has 21 heavy (non-hydrogen) atoms. The van der Waals surface area contributed by atoms with Crippen molar-refractivity contribution in [3.8, 4) is 0 Å². The molecule has 1 aliphatic rings. The van der Waals surface area contributed by atoms with Crippen molar-refractivity contribution >= 4 is 33.6 Å². The third-order valence-corrected chi connectivity index (χ3v) is 4.01. The Bertz CT molecular complexity index is 556. The molecular formula is C14H17BrN2O4. The van der Waals surface area contributed by atoms with Gasteiger partial charge in [0.2, 0.25) is 0 Å². The van der Waals surface area contributed by atoms with E-state index >= 15 is 0 Å². The number of hydrogen-bond donors (Lipinski definition) is 3. The summed E-state index contributed by atoms with van der Waals surface area (Å²) in [5.41, 5.74) is 0.118. The molecule has 1 heterocycles. The highest BCUT2D eigenvalue weighted by Crippen LogP contribution is 2.24. The fraction of sp³-hybridized carbons (Fsp3) is 0.429. The number of rotatable bonds is 3. The van der Waals surface area contributed by atoms with Crippen molar-refractivity contribution in [2.75, 3.05) is 18.5 Å². The number of carbonyl (C=O) groups is 2. The molecule has 0 aliphatic carbocycles. The minimum absolute atomic E-state index is 0.112. The van der Waals surface area contributed by atoms with Crippen LogP contribution >= 0.6 is 15.9 Å². The predicted molar refractivity (Wildman–Crippen MR) is 81.7 cm³/mol. The van der Waals surface area contributed by atoms with Gasteiger partial charge in [-0.2, -0.15) is 0 Å². The van der Waals surface area contributed by atoms with E-state index in [1.54, 1.807) is 6.07 Å². The van der Waals surface area contributed by atoms with Crippen LogP contribution in [0.4, 0.5) is 10.5 Å². The van der Waals surface area contributed by atoms with Crippen LogP contribution in [0.2, 0.25) is 0 Å². The molecular weight excluding hydrogens is 340 g/mol. The summed E-state index contributed by atoms with van der Waals surface area (Å²) in [6, 6.07) is 4.08. The molecule has 1 unspecified atom stereocenters. The number of amides is 2. The third-order valence-electron chi connectivity index (χ3n) is 3.31. The summed E-state index contributed by atoms with van der Waals surface area (Å²) in [6.45, 7) is 3.11. The number of hydrogen-bond acceptors (Lipinski definition) is 3. The number of ether oxygens (including phenoxy) is 1. The van der Waals surface area contributed by atoms with Crippen molar-refractivity contribution in [2.24, 2.45) is 0 Å². The second-order valence-electron chi connectivity index (χ2n) is 5.30. The topological polar surface area (TPSA) is 87.7 Å². The van der Waals surface area contributed by atoms with Gasteiger partial charge in [-0.15, -0.1) is 0 Å². The quantitative estimate of drug-likeness (QED) is 0.776. The van der Waals surface area contributed by atoms with Crippen LogP contribution in [0.3, 0.4) is 0 Å². The normalized spacial score (nSPS) is 21.6. The zero-order chi connectivity index (χ0) is 15.5. The van der Waals surface area contributed by atoms with Crippen LogP contribution in [-0.2, 0) is 4.74 Å². The number of benzene rings is 1. The molecule has 1 atom stereocenters. The Hall–Kier alpha value is -1.60. The van der Waals surface area contributed by atoms with Gasteiger partial charge in [-0.3, -0.25) is 0 Å². The number of aromatic carboxylic acids is 1. The zero-order valence-electron chi connectivity index (χ0n) is 11.6. The van der Waals surface area contributed by atoms with Crippen LogP contribution in [0.5, 0.6) is 0 Å². The molecule has 0 spiro atoms. The molecule has 0 bridgehead atoms. The van der Waals surface area contributed by atoms with Crippen LogP contribution in [0, 0.1) is 0 Å². The maximum Gasteiger partial charge on any atom is 0.335 e. The molecule has 0 aromatic heterocycles. The summed E-state index contributed by atoms with van der Waals surface area (Å²) in [7, 11) is 0. The first kappa shape index (κ1) is 15.8. The molecule has 1 aromatic rings. The molecule has 0 saturated carbocycles. The molecule has 114 valence electrons. The Kier molecular flexibility index (Phi) is 4.84. The van der Waals surface area contributed by atoms with Crippen LogP contribution in [0.25, 0.3) is 0 Å². The first-order valence-corrected chi connectivity index (χ1v) is 7.39. The summed E-state index contributed by atoms with van der Waals surface area (Å²) >= 11 is 3.29. The van der Waals surface area contributed by atoms with E-state index in [2.05, 4.69) is 26.6 Å². The monoisotopic (exact) mass is 356 g/mol. The second kappa shape index (κ2) is 6.44. The number of urea groups is 1. The van der Waals surface area contributed by atoms with Crippen LogP contribution in [-0.4, -0.2) is 35.9 Å². The number of anilines is 1. The van der Waals surface area contributed by atoms with Crippen molar-refractivity contribution in [1.82, 2.24) is 5.32 Å². The Morgan fingerprint density at radius 3 is 2.81 bits per heavy atom. The highest BCUT2D eigenvalue weighted by atomic mass is 79.9. The molecule has 7 heteroatoms. The first-order valence-electron chi connectivity index (χ1n) is 6.59. The molecule has 2 rings (SSSR count).